The van der Waals surface area contributed by atoms with Gasteiger partial charge < -0.3 is 10.6 Å². The van der Waals surface area contributed by atoms with E-state index in [1.54, 1.807) is 0 Å². The van der Waals surface area contributed by atoms with Gasteiger partial charge >= 0.3 is 0 Å². The number of rotatable bonds is 7. The normalized spacial score (nSPS) is 23.0. The molecule has 2 atom stereocenters. The molecule has 0 spiro atoms. The Morgan fingerprint density at radius 1 is 1.00 bits per heavy atom. The maximum absolute atomic E-state index is 13.6. The van der Waals surface area contributed by atoms with E-state index in [4.69, 9.17) is 9.98 Å². The highest BCUT2D eigenvalue weighted by Gasteiger charge is 2.43. The van der Waals surface area contributed by atoms with Gasteiger partial charge in [0.15, 0.2) is 5.17 Å². The summed E-state index contributed by atoms with van der Waals surface area (Å²) in [6.45, 7) is 1.98. The van der Waals surface area contributed by atoms with Gasteiger partial charge in [-0.05, 0) is 44.2 Å². The van der Waals surface area contributed by atoms with Crippen molar-refractivity contribution in [3.63, 3.8) is 0 Å². The lowest BCUT2D eigenvalue weighted by molar-refractivity contribution is -0.129. The van der Waals surface area contributed by atoms with Crippen molar-refractivity contribution >= 4 is 46.2 Å². The number of carbonyl (C=O) groups excluding carboxylic acids is 3. The SMILES string of the molecule is CC[C@H](SC1=Nc2ccccc2C2=N[C@H](CC(=O)NC3CCCCC3)C(=O)N12)C(=O)NC1CCCCC1. The van der Waals surface area contributed by atoms with Crippen LogP contribution in [0, 0.1) is 0 Å². The molecular formula is C28H37N5O3S. The van der Waals surface area contributed by atoms with Gasteiger partial charge in [-0.25, -0.2) is 9.89 Å². The Bertz CT molecular complexity index is 1090. The van der Waals surface area contributed by atoms with Crippen molar-refractivity contribution in [2.45, 2.75) is 107 Å². The molecule has 2 N–H and O–H groups in total. The highest BCUT2D eigenvalue weighted by molar-refractivity contribution is 8.15. The summed E-state index contributed by atoms with van der Waals surface area (Å²) in [6, 6.07) is 7.22. The van der Waals surface area contributed by atoms with Gasteiger partial charge in [0.2, 0.25) is 11.8 Å². The monoisotopic (exact) mass is 523 g/mol. The van der Waals surface area contributed by atoms with Crippen LogP contribution in [0.3, 0.4) is 0 Å². The first-order valence-electron chi connectivity index (χ1n) is 13.9. The molecule has 37 heavy (non-hydrogen) atoms. The van der Waals surface area contributed by atoms with Crippen molar-refractivity contribution in [3.05, 3.63) is 29.8 Å². The zero-order chi connectivity index (χ0) is 25.8. The summed E-state index contributed by atoms with van der Waals surface area (Å²) in [5.41, 5.74) is 1.50. The number of fused-ring (bicyclic) bond motifs is 3. The van der Waals surface area contributed by atoms with Crippen LogP contribution in [-0.2, 0) is 14.4 Å². The molecule has 0 bridgehead atoms. The highest BCUT2D eigenvalue weighted by atomic mass is 32.2. The maximum atomic E-state index is 13.6. The first-order valence-corrected chi connectivity index (χ1v) is 14.8. The Hall–Kier alpha value is -2.68. The van der Waals surface area contributed by atoms with Gasteiger partial charge in [0, 0.05) is 17.6 Å². The molecule has 0 radical (unpaired) electrons. The van der Waals surface area contributed by atoms with Gasteiger partial charge in [-0.3, -0.25) is 19.4 Å². The summed E-state index contributed by atoms with van der Waals surface area (Å²) in [5, 5.41) is 6.42. The number of thioether (sulfide) groups is 1. The average molecular weight is 524 g/mol. The number of nitrogens with one attached hydrogen (secondary N) is 2. The molecule has 9 heteroatoms. The van der Waals surface area contributed by atoms with Crippen LogP contribution in [0.2, 0.25) is 0 Å². The molecule has 198 valence electrons. The first-order chi connectivity index (χ1) is 18.0. The largest absolute Gasteiger partial charge is 0.353 e. The second-order valence-corrected chi connectivity index (χ2v) is 11.7. The van der Waals surface area contributed by atoms with Crippen LogP contribution in [-0.4, -0.2) is 57.0 Å². The summed E-state index contributed by atoms with van der Waals surface area (Å²) < 4.78 is 0. The lowest BCUT2D eigenvalue weighted by Crippen LogP contribution is -2.45. The van der Waals surface area contributed by atoms with Crippen LogP contribution in [0.25, 0.3) is 0 Å². The van der Waals surface area contributed by atoms with Crippen molar-refractivity contribution in [2.24, 2.45) is 9.98 Å². The van der Waals surface area contributed by atoms with E-state index in [1.807, 2.05) is 31.2 Å². The van der Waals surface area contributed by atoms with Crippen molar-refractivity contribution in [2.75, 3.05) is 0 Å². The number of para-hydroxylation sites is 1. The van der Waals surface area contributed by atoms with E-state index in [2.05, 4.69) is 10.6 Å². The van der Waals surface area contributed by atoms with Gasteiger partial charge in [-0.2, -0.15) is 0 Å². The fourth-order valence-corrected chi connectivity index (χ4v) is 6.74. The molecule has 0 aromatic heterocycles. The van der Waals surface area contributed by atoms with Crippen molar-refractivity contribution in [1.29, 1.82) is 0 Å². The van der Waals surface area contributed by atoms with Crippen molar-refractivity contribution in [3.8, 4) is 0 Å². The van der Waals surface area contributed by atoms with E-state index < -0.39 is 6.04 Å². The fourth-order valence-electron chi connectivity index (χ4n) is 5.71. The number of carbonyl (C=O) groups is 3. The Morgan fingerprint density at radius 3 is 2.32 bits per heavy atom. The molecular weight excluding hydrogens is 486 g/mol. The summed E-state index contributed by atoms with van der Waals surface area (Å²) in [4.78, 5) is 50.6. The van der Waals surface area contributed by atoms with Crippen LogP contribution in [0.5, 0.6) is 0 Å². The molecule has 2 heterocycles. The summed E-state index contributed by atoms with van der Waals surface area (Å²) in [5.74, 6) is 0.134. The molecule has 1 aromatic carbocycles. The summed E-state index contributed by atoms with van der Waals surface area (Å²) in [7, 11) is 0. The Labute approximate surface area is 223 Å². The van der Waals surface area contributed by atoms with Crippen molar-refractivity contribution < 1.29 is 14.4 Å². The van der Waals surface area contributed by atoms with Crippen LogP contribution < -0.4 is 10.6 Å². The molecule has 2 saturated carbocycles. The molecule has 3 amide bonds. The zero-order valence-electron chi connectivity index (χ0n) is 21.6. The van der Waals surface area contributed by atoms with Gasteiger partial charge in [-0.15, -0.1) is 0 Å². The van der Waals surface area contributed by atoms with E-state index in [1.165, 1.54) is 29.5 Å². The van der Waals surface area contributed by atoms with E-state index in [-0.39, 0.29) is 41.5 Å². The predicted octanol–water partition coefficient (Wildman–Crippen LogP) is 4.44. The Balaban J connectivity index is 1.32. The maximum Gasteiger partial charge on any atom is 0.259 e. The van der Waals surface area contributed by atoms with E-state index in [9.17, 15) is 14.4 Å². The number of hydrogen-bond donors (Lipinski definition) is 2. The Kier molecular flexibility index (Phi) is 8.27. The zero-order valence-corrected chi connectivity index (χ0v) is 22.4. The number of hydrogen-bond acceptors (Lipinski definition) is 6. The number of nitrogens with zero attached hydrogens (tertiary/aromatic N) is 3. The van der Waals surface area contributed by atoms with Gasteiger partial charge in [-0.1, -0.05) is 69.3 Å². The predicted molar refractivity (Wildman–Crippen MR) is 147 cm³/mol. The van der Waals surface area contributed by atoms with E-state index >= 15 is 0 Å². The molecule has 2 fully saturated rings. The quantitative estimate of drug-likeness (QED) is 0.551. The van der Waals surface area contributed by atoms with E-state index in [0.29, 0.717) is 17.4 Å². The standard InChI is InChI=1S/C28H37N5O3S/c1-2-23(26(35)30-19-13-7-4-8-14-19)37-28-32-21-16-10-9-15-20(21)25-31-22(27(36)33(25)28)17-24(34)29-18-11-5-3-6-12-18/h9-10,15-16,18-19,22-23H,2-8,11-14,17H2,1H3,(H,29,34)(H,30,35)/t22-,23+/m1/s1. The average Bonchev–Trinajstić information content (AvgIpc) is 3.24. The molecule has 0 unspecified atom stereocenters. The molecule has 1 aromatic rings. The molecule has 4 aliphatic rings. The third-order valence-electron chi connectivity index (χ3n) is 7.76. The topological polar surface area (TPSA) is 103 Å². The summed E-state index contributed by atoms with van der Waals surface area (Å²) in [6.07, 6.45) is 11.7. The number of amides is 3. The van der Waals surface area contributed by atoms with Crippen LogP contribution in [0.1, 0.15) is 89.5 Å². The second-order valence-electron chi connectivity index (χ2n) is 10.5. The minimum atomic E-state index is -0.785. The van der Waals surface area contributed by atoms with Gasteiger partial charge in [0.25, 0.3) is 5.91 Å². The minimum absolute atomic E-state index is 0.00509. The van der Waals surface area contributed by atoms with Gasteiger partial charge in [0.05, 0.1) is 17.4 Å². The number of benzene rings is 1. The lowest BCUT2D eigenvalue weighted by atomic mass is 9.95. The van der Waals surface area contributed by atoms with Gasteiger partial charge in [0.1, 0.15) is 11.9 Å². The molecule has 0 saturated heterocycles. The second kappa shape index (κ2) is 11.8. The lowest BCUT2D eigenvalue weighted by Gasteiger charge is -2.29. The number of amidine groups is 2. The van der Waals surface area contributed by atoms with Crippen LogP contribution >= 0.6 is 11.8 Å². The van der Waals surface area contributed by atoms with E-state index in [0.717, 1.165) is 62.6 Å². The van der Waals surface area contributed by atoms with Crippen molar-refractivity contribution in [1.82, 2.24) is 15.5 Å². The molecule has 2 aliphatic carbocycles. The van der Waals surface area contributed by atoms with Crippen LogP contribution in [0.15, 0.2) is 34.3 Å². The smallest absolute Gasteiger partial charge is 0.259 e. The molecule has 8 nitrogen and oxygen atoms in total. The fraction of sp³-hybridized carbons (Fsp3) is 0.607. The Morgan fingerprint density at radius 2 is 1.65 bits per heavy atom. The summed E-state index contributed by atoms with van der Waals surface area (Å²) >= 11 is 1.32. The number of aliphatic imine (C=N–C) groups is 2. The minimum Gasteiger partial charge on any atom is -0.353 e. The molecule has 2 aliphatic heterocycles. The first kappa shape index (κ1) is 25.9. The molecule has 5 rings (SSSR count). The van der Waals surface area contributed by atoms with Crippen LogP contribution in [0.4, 0.5) is 5.69 Å². The third kappa shape index (κ3) is 5.92. The highest BCUT2D eigenvalue weighted by Crippen LogP contribution is 2.36. The third-order valence-corrected chi connectivity index (χ3v) is 9.08.